The van der Waals surface area contributed by atoms with Crippen LogP contribution < -0.4 is 0 Å². The summed E-state index contributed by atoms with van der Waals surface area (Å²) >= 11 is 1.59. The predicted molar refractivity (Wildman–Crippen MR) is 41.4 cm³/mol. The summed E-state index contributed by atoms with van der Waals surface area (Å²) in [7, 11) is 0. The van der Waals surface area contributed by atoms with Crippen molar-refractivity contribution in [2.24, 2.45) is 0 Å². The van der Waals surface area contributed by atoms with Gasteiger partial charge in [0.15, 0.2) is 0 Å². The van der Waals surface area contributed by atoms with Crippen LogP contribution in [-0.4, -0.2) is 16.5 Å². The van der Waals surface area contributed by atoms with Crippen molar-refractivity contribution in [3.8, 4) is 6.07 Å². The van der Waals surface area contributed by atoms with Crippen LogP contribution in [0.4, 0.5) is 0 Å². The van der Waals surface area contributed by atoms with Crippen LogP contribution in [0.15, 0.2) is 11.5 Å². The van der Waals surface area contributed by atoms with Crippen molar-refractivity contribution in [1.29, 1.82) is 5.26 Å². The second-order valence-corrected chi connectivity index (χ2v) is 3.27. The Morgan fingerprint density at radius 1 is 1.80 bits per heavy atom. The fourth-order valence-corrected chi connectivity index (χ4v) is 1.82. The molecular formula is C7H9NOS. The summed E-state index contributed by atoms with van der Waals surface area (Å²) in [6.07, 6.45) is 2.77. The molecule has 0 radical (unpaired) electrons. The van der Waals surface area contributed by atoms with E-state index in [9.17, 15) is 5.11 Å². The zero-order chi connectivity index (χ0) is 7.45. The van der Waals surface area contributed by atoms with Crippen LogP contribution in [0.25, 0.3) is 0 Å². The lowest BCUT2D eigenvalue weighted by molar-refractivity contribution is 0.111. The van der Waals surface area contributed by atoms with E-state index in [2.05, 4.69) is 0 Å². The lowest BCUT2D eigenvalue weighted by Crippen LogP contribution is -2.25. The molecule has 2 nitrogen and oxygen atoms in total. The van der Waals surface area contributed by atoms with Gasteiger partial charge in [0.1, 0.15) is 0 Å². The molecule has 0 saturated heterocycles. The summed E-state index contributed by atoms with van der Waals surface area (Å²) in [6.45, 7) is 0. The molecule has 0 aliphatic carbocycles. The van der Waals surface area contributed by atoms with E-state index in [4.69, 9.17) is 5.26 Å². The van der Waals surface area contributed by atoms with Crippen molar-refractivity contribution in [1.82, 2.24) is 0 Å². The molecular weight excluding hydrogens is 146 g/mol. The topological polar surface area (TPSA) is 44.0 Å². The Kier molecular flexibility index (Phi) is 2.36. The monoisotopic (exact) mass is 155 g/mol. The highest BCUT2D eigenvalue weighted by molar-refractivity contribution is 8.02. The molecule has 1 N–H and O–H groups in total. The van der Waals surface area contributed by atoms with Gasteiger partial charge in [0, 0.05) is 12.2 Å². The normalized spacial score (nSPS) is 30.4. The highest BCUT2D eigenvalue weighted by Gasteiger charge is 2.25. The Hall–Kier alpha value is -0.460. The van der Waals surface area contributed by atoms with Gasteiger partial charge in [-0.3, -0.25) is 0 Å². The Labute approximate surface area is 64.5 Å². The summed E-state index contributed by atoms with van der Waals surface area (Å²) in [5.74, 6) is 0.703. The quantitative estimate of drug-likeness (QED) is 0.653. The zero-order valence-electron chi connectivity index (χ0n) is 5.58. The first-order chi connectivity index (χ1) is 4.77. The summed E-state index contributed by atoms with van der Waals surface area (Å²) < 4.78 is 0. The molecule has 0 fully saturated rings. The van der Waals surface area contributed by atoms with Gasteiger partial charge in [0.25, 0.3) is 0 Å². The second kappa shape index (κ2) is 3.09. The van der Waals surface area contributed by atoms with Gasteiger partial charge < -0.3 is 5.11 Å². The molecule has 0 amide bonds. The standard InChI is InChI=1S/C7H9NOS/c8-4-1-2-7(9)3-5-10-6-7/h3,5,9H,1-2,6H2/t7-/m0/s1. The van der Waals surface area contributed by atoms with E-state index in [0.29, 0.717) is 18.6 Å². The maximum Gasteiger partial charge on any atom is 0.0938 e. The van der Waals surface area contributed by atoms with Crippen molar-refractivity contribution in [3.63, 3.8) is 0 Å². The highest BCUT2D eigenvalue weighted by Crippen LogP contribution is 2.28. The van der Waals surface area contributed by atoms with Gasteiger partial charge in [-0.25, -0.2) is 0 Å². The largest absolute Gasteiger partial charge is 0.385 e. The molecule has 0 bridgehead atoms. The third kappa shape index (κ3) is 1.76. The van der Waals surface area contributed by atoms with Gasteiger partial charge in [-0.15, -0.1) is 11.8 Å². The van der Waals surface area contributed by atoms with Crippen molar-refractivity contribution in [2.45, 2.75) is 18.4 Å². The van der Waals surface area contributed by atoms with E-state index in [1.165, 1.54) is 0 Å². The third-order valence-corrected chi connectivity index (χ3v) is 2.47. The fourth-order valence-electron chi connectivity index (χ4n) is 0.843. The lowest BCUT2D eigenvalue weighted by atomic mass is 10.0. The minimum atomic E-state index is -0.694. The Morgan fingerprint density at radius 3 is 3.10 bits per heavy atom. The molecule has 0 unspecified atom stereocenters. The second-order valence-electron chi connectivity index (χ2n) is 2.38. The van der Waals surface area contributed by atoms with E-state index in [0.717, 1.165) is 0 Å². The smallest absolute Gasteiger partial charge is 0.0938 e. The maximum atomic E-state index is 9.56. The Bertz CT molecular complexity index is 185. The van der Waals surface area contributed by atoms with Gasteiger partial charge >= 0.3 is 0 Å². The molecule has 10 heavy (non-hydrogen) atoms. The van der Waals surface area contributed by atoms with Crippen LogP contribution in [-0.2, 0) is 0 Å². The minimum absolute atomic E-state index is 0.432. The number of nitrogens with zero attached hydrogens (tertiary/aromatic N) is 1. The Balaban J connectivity index is 2.38. The van der Waals surface area contributed by atoms with E-state index in [1.54, 1.807) is 17.8 Å². The molecule has 0 spiro atoms. The number of hydrogen-bond donors (Lipinski definition) is 1. The van der Waals surface area contributed by atoms with Crippen molar-refractivity contribution < 1.29 is 5.11 Å². The van der Waals surface area contributed by atoms with E-state index in [-0.39, 0.29) is 0 Å². The highest BCUT2D eigenvalue weighted by atomic mass is 32.2. The molecule has 1 atom stereocenters. The molecule has 1 heterocycles. The van der Waals surface area contributed by atoms with Crippen LogP contribution >= 0.6 is 11.8 Å². The zero-order valence-corrected chi connectivity index (χ0v) is 6.40. The van der Waals surface area contributed by atoms with Gasteiger partial charge in [-0.1, -0.05) is 0 Å². The first-order valence-corrected chi connectivity index (χ1v) is 4.20. The van der Waals surface area contributed by atoms with Crippen LogP contribution in [0, 0.1) is 11.3 Å². The average Bonchev–Trinajstić information content (AvgIpc) is 2.33. The number of nitriles is 1. The van der Waals surface area contributed by atoms with Gasteiger partial charge in [-0.05, 0) is 17.9 Å². The van der Waals surface area contributed by atoms with E-state index in [1.807, 2.05) is 11.5 Å². The summed E-state index contributed by atoms with van der Waals surface area (Å²) in [6, 6.07) is 2.02. The van der Waals surface area contributed by atoms with Crippen molar-refractivity contribution in [2.75, 3.05) is 5.75 Å². The first-order valence-electron chi connectivity index (χ1n) is 3.15. The van der Waals surface area contributed by atoms with Gasteiger partial charge in [-0.2, -0.15) is 5.26 Å². The van der Waals surface area contributed by atoms with Crippen LogP contribution in [0.5, 0.6) is 0 Å². The van der Waals surface area contributed by atoms with Gasteiger partial charge in [0.2, 0.25) is 0 Å². The number of hydrogen-bond acceptors (Lipinski definition) is 3. The predicted octanol–water partition coefficient (Wildman–Crippen LogP) is 1.28. The molecule has 3 heteroatoms. The molecule has 54 valence electrons. The number of rotatable bonds is 2. The molecule has 0 aromatic heterocycles. The van der Waals surface area contributed by atoms with Crippen LogP contribution in [0.2, 0.25) is 0 Å². The third-order valence-electron chi connectivity index (χ3n) is 1.48. The maximum absolute atomic E-state index is 9.56. The SMILES string of the molecule is N#CCC[C@]1(O)C=CSC1. The van der Waals surface area contributed by atoms with E-state index < -0.39 is 5.60 Å². The van der Waals surface area contributed by atoms with Crippen molar-refractivity contribution in [3.05, 3.63) is 11.5 Å². The van der Waals surface area contributed by atoms with E-state index >= 15 is 0 Å². The first kappa shape index (κ1) is 7.64. The minimum Gasteiger partial charge on any atom is -0.385 e. The van der Waals surface area contributed by atoms with Crippen molar-refractivity contribution >= 4 is 11.8 Å². The molecule has 1 aliphatic rings. The Morgan fingerprint density at radius 2 is 2.60 bits per heavy atom. The fraction of sp³-hybridized carbons (Fsp3) is 0.571. The average molecular weight is 155 g/mol. The number of thioether (sulfide) groups is 1. The lowest BCUT2D eigenvalue weighted by Gasteiger charge is -2.16. The summed E-state index contributed by atoms with van der Waals surface area (Å²) in [4.78, 5) is 0. The molecule has 0 saturated carbocycles. The molecule has 0 aromatic carbocycles. The molecule has 1 aliphatic heterocycles. The summed E-state index contributed by atoms with van der Waals surface area (Å²) in [5.41, 5.74) is -0.694. The molecule has 1 rings (SSSR count). The van der Waals surface area contributed by atoms with Crippen LogP contribution in [0.1, 0.15) is 12.8 Å². The summed E-state index contributed by atoms with van der Waals surface area (Å²) in [5, 5.41) is 19.7. The number of aliphatic hydroxyl groups is 1. The van der Waals surface area contributed by atoms with Gasteiger partial charge in [0.05, 0.1) is 11.7 Å². The molecule has 0 aromatic rings. The van der Waals surface area contributed by atoms with Crippen LogP contribution in [0.3, 0.4) is 0 Å².